The number of halogens is 5. The Hall–Kier alpha value is -2.80. The van der Waals surface area contributed by atoms with Crippen LogP contribution in [0.4, 0.5) is 33.5 Å². The van der Waals surface area contributed by atoms with E-state index in [9.17, 15) is 35.2 Å². The van der Waals surface area contributed by atoms with Crippen LogP contribution in [0.15, 0.2) is 41.4 Å². The standard InChI is InChI=1S/C19H19F5N4O3S/c1-11-10-28(6-5-18(11,20)21)16-15(7-12(9-26-16)19(22,23)24)17(29)27-13-3-2-4-14(8-13)32(25,30)31/h2-4,7-9,11H,5-6,10H2,1H3,(H,27,29)(H2,25,30,31)/t11-/m0/s1. The number of piperidine rings is 1. The molecule has 13 heteroatoms. The zero-order chi connectivity index (χ0) is 23.9. The SMILES string of the molecule is C[C@H]1CN(c2ncc(C(F)(F)F)cc2C(=O)Nc2cccc(S(N)(=O)=O)c2)CCC1(F)F. The van der Waals surface area contributed by atoms with Gasteiger partial charge in [-0.1, -0.05) is 13.0 Å². The Morgan fingerprint density at radius 1 is 1.28 bits per heavy atom. The molecule has 1 atom stereocenters. The van der Waals surface area contributed by atoms with Crippen LogP contribution in [0.25, 0.3) is 0 Å². The maximum absolute atomic E-state index is 13.9. The Balaban J connectivity index is 1.99. The first-order valence-electron chi connectivity index (χ1n) is 9.33. The molecule has 1 fully saturated rings. The third-order valence-electron chi connectivity index (χ3n) is 5.09. The summed E-state index contributed by atoms with van der Waals surface area (Å²) < 4.78 is 90.4. The molecule has 1 aromatic heterocycles. The lowest BCUT2D eigenvalue weighted by Crippen LogP contribution is -2.46. The number of pyridine rings is 1. The number of rotatable bonds is 4. The van der Waals surface area contributed by atoms with Gasteiger partial charge in [0.05, 0.1) is 16.0 Å². The van der Waals surface area contributed by atoms with Crippen molar-refractivity contribution in [1.82, 2.24) is 4.98 Å². The van der Waals surface area contributed by atoms with Crippen molar-refractivity contribution in [3.8, 4) is 0 Å². The highest BCUT2D eigenvalue weighted by molar-refractivity contribution is 7.89. The number of aromatic nitrogens is 1. The fourth-order valence-electron chi connectivity index (χ4n) is 3.26. The summed E-state index contributed by atoms with van der Waals surface area (Å²) in [5, 5.41) is 7.36. The molecule has 0 bridgehead atoms. The van der Waals surface area contributed by atoms with Gasteiger partial charge in [0.15, 0.2) is 0 Å². The topological polar surface area (TPSA) is 105 Å². The van der Waals surface area contributed by atoms with Gasteiger partial charge in [0.2, 0.25) is 10.0 Å². The lowest BCUT2D eigenvalue weighted by Gasteiger charge is -2.38. The molecule has 0 unspecified atom stereocenters. The van der Waals surface area contributed by atoms with E-state index in [1.54, 1.807) is 0 Å². The van der Waals surface area contributed by atoms with E-state index in [2.05, 4.69) is 10.3 Å². The minimum atomic E-state index is -4.80. The second-order valence-corrected chi connectivity index (χ2v) is 9.04. The molecular formula is C19H19F5N4O3S. The molecule has 32 heavy (non-hydrogen) atoms. The monoisotopic (exact) mass is 478 g/mol. The van der Waals surface area contributed by atoms with E-state index in [4.69, 9.17) is 5.14 Å². The number of carbonyl (C=O) groups is 1. The number of primary sulfonamides is 1. The van der Waals surface area contributed by atoms with Crippen molar-refractivity contribution in [2.45, 2.75) is 30.3 Å². The van der Waals surface area contributed by atoms with E-state index in [0.29, 0.717) is 12.3 Å². The molecule has 0 radical (unpaired) electrons. The van der Waals surface area contributed by atoms with Gasteiger partial charge < -0.3 is 10.2 Å². The fraction of sp³-hybridized carbons (Fsp3) is 0.368. The van der Waals surface area contributed by atoms with Crippen molar-refractivity contribution >= 4 is 27.4 Å². The molecule has 0 saturated carbocycles. The predicted molar refractivity (Wildman–Crippen MR) is 106 cm³/mol. The van der Waals surface area contributed by atoms with Crippen LogP contribution >= 0.6 is 0 Å². The number of nitrogens with zero attached hydrogens (tertiary/aromatic N) is 2. The molecule has 2 heterocycles. The molecule has 1 aromatic carbocycles. The smallest absolute Gasteiger partial charge is 0.355 e. The van der Waals surface area contributed by atoms with Gasteiger partial charge in [-0.05, 0) is 24.3 Å². The average molecular weight is 478 g/mol. The quantitative estimate of drug-likeness (QED) is 0.655. The molecule has 3 N–H and O–H groups in total. The normalized spacial score (nSPS) is 19.0. The second-order valence-electron chi connectivity index (χ2n) is 7.48. The van der Waals surface area contributed by atoms with Crippen LogP contribution in [0.3, 0.4) is 0 Å². The van der Waals surface area contributed by atoms with Crippen LogP contribution in [0.5, 0.6) is 0 Å². The van der Waals surface area contributed by atoms with Gasteiger partial charge in [0.25, 0.3) is 11.8 Å². The molecule has 0 aliphatic carbocycles. The molecule has 3 rings (SSSR count). The van der Waals surface area contributed by atoms with Crippen LogP contribution in [0, 0.1) is 5.92 Å². The summed E-state index contributed by atoms with van der Waals surface area (Å²) in [6, 6.07) is 5.40. The summed E-state index contributed by atoms with van der Waals surface area (Å²) in [7, 11) is -4.09. The molecule has 2 aromatic rings. The van der Waals surface area contributed by atoms with E-state index in [1.165, 1.54) is 30.0 Å². The summed E-state index contributed by atoms with van der Waals surface area (Å²) in [6.07, 6.45) is -4.81. The Morgan fingerprint density at radius 2 is 1.97 bits per heavy atom. The van der Waals surface area contributed by atoms with Gasteiger partial charge in [-0.25, -0.2) is 27.3 Å². The third kappa shape index (κ3) is 5.15. The third-order valence-corrected chi connectivity index (χ3v) is 6.00. The second kappa shape index (κ2) is 8.28. The van der Waals surface area contributed by atoms with Crippen molar-refractivity contribution < 1.29 is 35.2 Å². The number of anilines is 2. The number of nitrogens with two attached hydrogens (primary N) is 1. The number of carbonyl (C=O) groups excluding carboxylic acids is 1. The Kier molecular flexibility index (Phi) is 6.17. The van der Waals surface area contributed by atoms with Crippen LogP contribution in [-0.2, 0) is 16.2 Å². The summed E-state index contributed by atoms with van der Waals surface area (Å²) in [5.41, 5.74) is -1.72. The molecule has 1 aliphatic rings. The fourth-order valence-corrected chi connectivity index (χ4v) is 3.82. The first-order valence-corrected chi connectivity index (χ1v) is 10.9. The maximum atomic E-state index is 13.9. The number of nitrogens with one attached hydrogen (secondary N) is 1. The van der Waals surface area contributed by atoms with E-state index < -0.39 is 51.5 Å². The van der Waals surface area contributed by atoms with Crippen molar-refractivity contribution in [3.05, 3.63) is 47.7 Å². The number of sulfonamides is 1. The number of hydrogen-bond donors (Lipinski definition) is 2. The van der Waals surface area contributed by atoms with Crippen molar-refractivity contribution in [3.63, 3.8) is 0 Å². The van der Waals surface area contributed by atoms with Gasteiger partial charge >= 0.3 is 6.18 Å². The van der Waals surface area contributed by atoms with Gasteiger partial charge in [0.1, 0.15) is 5.82 Å². The zero-order valence-corrected chi connectivity index (χ0v) is 17.5. The Labute approximate surface area is 180 Å². The van der Waals surface area contributed by atoms with Gasteiger partial charge in [-0.2, -0.15) is 13.2 Å². The summed E-state index contributed by atoms with van der Waals surface area (Å²) in [6.45, 7) is 0.873. The Morgan fingerprint density at radius 3 is 2.56 bits per heavy atom. The molecular weight excluding hydrogens is 459 g/mol. The highest BCUT2D eigenvalue weighted by atomic mass is 32.2. The summed E-state index contributed by atoms with van der Waals surface area (Å²) in [4.78, 5) is 17.6. The highest BCUT2D eigenvalue weighted by Gasteiger charge is 2.42. The lowest BCUT2D eigenvalue weighted by molar-refractivity contribution is -0.137. The van der Waals surface area contributed by atoms with Crippen LogP contribution in [-0.4, -0.2) is 38.3 Å². The van der Waals surface area contributed by atoms with E-state index in [0.717, 1.165) is 6.07 Å². The van der Waals surface area contributed by atoms with Crippen molar-refractivity contribution in [1.29, 1.82) is 0 Å². The average Bonchev–Trinajstić information content (AvgIpc) is 2.68. The predicted octanol–water partition coefficient (Wildman–Crippen LogP) is 3.48. The van der Waals surface area contributed by atoms with E-state index in [-0.39, 0.29) is 29.5 Å². The minimum absolute atomic E-state index is 0.0385. The van der Waals surface area contributed by atoms with Crippen LogP contribution < -0.4 is 15.4 Å². The number of benzene rings is 1. The van der Waals surface area contributed by atoms with Crippen LogP contribution in [0.2, 0.25) is 0 Å². The van der Waals surface area contributed by atoms with E-state index >= 15 is 0 Å². The Bertz CT molecular complexity index is 1140. The van der Waals surface area contributed by atoms with E-state index in [1.807, 2.05) is 0 Å². The largest absolute Gasteiger partial charge is 0.417 e. The van der Waals surface area contributed by atoms with Crippen LogP contribution in [0.1, 0.15) is 29.3 Å². The summed E-state index contributed by atoms with van der Waals surface area (Å²) >= 11 is 0. The minimum Gasteiger partial charge on any atom is -0.355 e. The van der Waals surface area contributed by atoms with Gasteiger partial charge in [0, 0.05) is 37.3 Å². The molecule has 1 aliphatic heterocycles. The maximum Gasteiger partial charge on any atom is 0.417 e. The summed E-state index contributed by atoms with van der Waals surface area (Å²) in [5.74, 6) is -5.25. The molecule has 1 saturated heterocycles. The molecule has 1 amide bonds. The zero-order valence-electron chi connectivity index (χ0n) is 16.7. The number of alkyl halides is 5. The first kappa shape index (κ1) is 23.9. The molecule has 7 nitrogen and oxygen atoms in total. The van der Waals surface area contributed by atoms with Crippen molar-refractivity contribution in [2.75, 3.05) is 23.3 Å². The molecule has 174 valence electrons. The highest BCUT2D eigenvalue weighted by Crippen LogP contribution is 2.37. The van der Waals surface area contributed by atoms with Crippen molar-refractivity contribution in [2.24, 2.45) is 11.1 Å². The van der Waals surface area contributed by atoms with Gasteiger partial charge in [-0.15, -0.1) is 0 Å². The first-order chi connectivity index (χ1) is 14.7. The lowest BCUT2D eigenvalue weighted by atomic mass is 9.95. The number of amides is 1. The molecule has 0 spiro atoms. The van der Waals surface area contributed by atoms with Gasteiger partial charge in [-0.3, -0.25) is 4.79 Å². The number of hydrogen-bond acceptors (Lipinski definition) is 5.